The van der Waals surface area contributed by atoms with Gasteiger partial charge in [-0.1, -0.05) is 60.7 Å². The molecular formula is C17H17NO. The van der Waals surface area contributed by atoms with Crippen LogP contribution in [0.4, 0.5) is 0 Å². The van der Waals surface area contributed by atoms with Gasteiger partial charge in [0, 0.05) is 13.1 Å². The van der Waals surface area contributed by atoms with Crippen LogP contribution < -0.4 is 0 Å². The van der Waals surface area contributed by atoms with E-state index < -0.39 is 0 Å². The van der Waals surface area contributed by atoms with Gasteiger partial charge in [-0.05, 0) is 17.5 Å². The van der Waals surface area contributed by atoms with E-state index in [1.54, 1.807) is 0 Å². The third-order valence-electron chi connectivity index (χ3n) is 3.64. The topological polar surface area (TPSA) is 20.3 Å². The molecule has 0 spiro atoms. The Morgan fingerprint density at radius 2 is 1.47 bits per heavy atom. The molecule has 2 nitrogen and oxygen atoms in total. The summed E-state index contributed by atoms with van der Waals surface area (Å²) >= 11 is 0. The Balaban J connectivity index is 1.56. The molecule has 2 aromatic rings. The van der Waals surface area contributed by atoms with E-state index in [0.29, 0.717) is 0 Å². The maximum Gasteiger partial charge on any atom is 0.228 e. The van der Waals surface area contributed by atoms with Crippen molar-refractivity contribution < 1.29 is 4.79 Å². The first-order valence-electron chi connectivity index (χ1n) is 6.69. The maximum absolute atomic E-state index is 12.1. The van der Waals surface area contributed by atoms with Crippen LogP contribution in [-0.2, 0) is 17.8 Å². The second-order valence-corrected chi connectivity index (χ2v) is 5.09. The molecule has 1 amide bonds. The Kier molecular flexibility index (Phi) is 3.32. The molecule has 1 atom stereocenters. The Labute approximate surface area is 113 Å². The Morgan fingerprint density at radius 3 is 2.05 bits per heavy atom. The highest BCUT2D eigenvalue weighted by atomic mass is 16.2. The summed E-state index contributed by atoms with van der Waals surface area (Å²) in [6.45, 7) is 1.62. The van der Waals surface area contributed by atoms with Crippen LogP contribution in [0.1, 0.15) is 11.1 Å². The molecule has 0 saturated carbocycles. The molecule has 2 heteroatoms. The normalized spacial score (nSPS) is 18.2. The molecule has 0 radical (unpaired) electrons. The van der Waals surface area contributed by atoms with Crippen LogP contribution in [0.3, 0.4) is 0 Å². The zero-order chi connectivity index (χ0) is 13.1. The Hall–Kier alpha value is -2.09. The molecule has 2 aromatic carbocycles. The highest BCUT2D eigenvalue weighted by Crippen LogP contribution is 2.24. The Bertz CT molecular complexity index is 500. The second kappa shape index (κ2) is 5.27. The van der Waals surface area contributed by atoms with Crippen molar-refractivity contribution in [2.45, 2.75) is 13.0 Å². The van der Waals surface area contributed by atoms with E-state index in [1.807, 2.05) is 41.3 Å². The molecule has 0 unspecified atom stereocenters. The predicted octanol–water partition coefficient (Wildman–Crippen LogP) is 2.89. The fourth-order valence-electron chi connectivity index (χ4n) is 2.58. The van der Waals surface area contributed by atoms with E-state index >= 15 is 0 Å². The number of carbonyl (C=O) groups is 1. The molecule has 19 heavy (non-hydrogen) atoms. The minimum atomic E-state index is 0.172. The summed E-state index contributed by atoms with van der Waals surface area (Å²) in [7, 11) is 0. The molecule has 1 saturated heterocycles. The zero-order valence-electron chi connectivity index (χ0n) is 10.8. The van der Waals surface area contributed by atoms with Crippen LogP contribution in [0.2, 0.25) is 0 Å². The molecule has 0 bridgehead atoms. The van der Waals surface area contributed by atoms with Gasteiger partial charge in [0.15, 0.2) is 0 Å². The molecule has 1 aliphatic heterocycles. The number of hydrogen-bond acceptors (Lipinski definition) is 1. The van der Waals surface area contributed by atoms with Crippen LogP contribution in [-0.4, -0.2) is 17.4 Å². The number of rotatable bonds is 4. The quantitative estimate of drug-likeness (QED) is 0.765. The number of benzene rings is 2. The van der Waals surface area contributed by atoms with Gasteiger partial charge >= 0.3 is 0 Å². The van der Waals surface area contributed by atoms with Gasteiger partial charge in [-0.2, -0.15) is 0 Å². The SMILES string of the molecule is O=C1[C@H](Cc2ccccc2)CN1Cc1ccccc1. The molecule has 1 heterocycles. The summed E-state index contributed by atoms with van der Waals surface area (Å²) < 4.78 is 0. The molecule has 1 aliphatic rings. The first kappa shape index (κ1) is 12.0. The second-order valence-electron chi connectivity index (χ2n) is 5.09. The van der Waals surface area contributed by atoms with Crippen LogP contribution in [0.5, 0.6) is 0 Å². The molecule has 0 aliphatic carbocycles. The number of nitrogens with zero attached hydrogens (tertiary/aromatic N) is 1. The van der Waals surface area contributed by atoms with Crippen molar-refractivity contribution in [1.82, 2.24) is 4.90 Å². The summed E-state index contributed by atoms with van der Waals surface area (Å²) in [6, 6.07) is 20.4. The minimum absolute atomic E-state index is 0.172. The summed E-state index contributed by atoms with van der Waals surface area (Å²) in [4.78, 5) is 14.0. The van der Waals surface area contributed by atoms with Crippen molar-refractivity contribution in [3.8, 4) is 0 Å². The van der Waals surface area contributed by atoms with Crippen molar-refractivity contribution in [2.75, 3.05) is 6.54 Å². The van der Waals surface area contributed by atoms with Gasteiger partial charge in [0.25, 0.3) is 0 Å². The first-order chi connectivity index (χ1) is 9.33. The minimum Gasteiger partial charge on any atom is -0.337 e. The Morgan fingerprint density at radius 1 is 0.895 bits per heavy atom. The predicted molar refractivity (Wildman–Crippen MR) is 75.5 cm³/mol. The lowest BCUT2D eigenvalue weighted by molar-refractivity contribution is -0.148. The van der Waals surface area contributed by atoms with Crippen molar-refractivity contribution in [1.29, 1.82) is 0 Å². The van der Waals surface area contributed by atoms with Crippen molar-refractivity contribution in [3.05, 3.63) is 71.8 Å². The summed E-state index contributed by atoms with van der Waals surface area (Å²) in [5, 5.41) is 0. The number of likely N-dealkylation sites (tertiary alicyclic amines) is 1. The average Bonchev–Trinajstić information content (AvgIpc) is 2.48. The van der Waals surface area contributed by atoms with E-state index in [-0.39, 0.29) is 11.8 Å². The molecule has 1 fully saturated rings. The van der Waals surface area contributed by atoms with Crippen LogP contribution >= 0.6 is 0 Å². The fourth-order valence-corrected chi connectivity index (χ4v) is 2.58. The highest BCUT2D eigenvalue weighted by Gasteiger charge is 2.35. The van der Waals surface area contributed by atoms with Gasteiger partial charge in [0.2, 0.25) is 5.91 Å². The monoisotopic (exact) mass is 251 g/mol. The van der Waals surface area contributed by atoms with Gasteiger partial charge in [0.1, 0.15) is 0 Å². The van der Waals surface area contributed by atoms with Crippen molar-refractivity contribution in [3.63, 3.8) is 0 Å². The van der Waals surface area contributed by atoms with Crippen molar-refractivity contribution in [2.24, 2.45) is 5.92 Å². The van der Waals surface area contributed by atoms with Gasteiger partial charge in [-0.25, -0.2) is 0 Å². The van der Waals surface area contributed by atoms with Gasteiger partial charge in [-0.15, -0.1) is 0 Å². The van der Waals surface area contributed by atoms with E-state index in [4.69, 9.17) is 0 Å². The van der Waals surface area contributed by atoms with Crippen molar-refractivity contribution >= 4 is 5.91 Å². The lowest BCUT2D eigenvalue weighted by atomic mass is 9.90. The number of hydrogen-bond donors (Lipinski definition) is 0. The molecule has 3 rings (SSSR count). The number of β-lactam (4-membered cyclic amide) rings is 1. The van der Waals surface area contributed by atoms with Crippen LogP contribution in [0.25, 0.3) is 0 Å². The highest BCUT2D eigenvalue weighted by molar-refractivity contribution is 5.84. The largest absolute Gasteiger partial charge is 0.337 e. The standard InChI is InChI=1S/C17H17NO/c19-17-16(11-14-7-3-1-4-8-14)13-18(17)12-15-9-5-2-6-10-15/h1-10,16H,11-13H2/t16-/m1/s1. The zero-order valence-corrected chi connectivity index (χ0v) is 10.8. The van der Waals surface area contributed by atoms with E-state index in [0.717, 1.165) is 19.5 Å². The third-order valence-corrected chi connectivity index (χ3v) is 3.64. The average molecular weight is 251 g/mol. The molecule has 0 N–H and O–H groups in total. The van der Waals surface area contributed by atoms with Gasteiger partial charge in [-0.3, -0.25) is 4.79 Å². The number of amides is 1. The summed E-state index contributed by atoms with van der Waals surface area (Å²) in [5.74, 6) is 0.457. The van der Waals surface area contributed by atoms with Gasteiger partial charge in [0.05, 0.1) is 5.92 Å². The summed E-state index contributed by atoms with van der Waals surface area (Å²) in [5.41, 5.74) is 2.45. The van der Waals surface area contributed by atoms with Crippen LogP contribution in [0.15, 0.2) is 60.7 Å². The smallest absolute Gasteiger partial charge is 0.228 e. The first-order valence-corrected chi connectivity index (χ1v) is 6.69. The maximum atomic E-state index is 12.1. The molecule has 0 aromatic heterocycles. The lowest BCUT2D eigenvalue weighted by Crippen LogP contribution is -2.52. The van der Waals surface area contributed by atoms with E-state index in [1.165, 1.54) is 11.1 Å². The van der Waals surface area contributed by atoms with Gasteiger partial charge < -0.3 is 4.90 Å². The van der Waals surface area contributed by atoms with Crippen LogP contribution in [0, 0.1) is 5.92 Å². The number of carbonyl (C=O) groups excluding carboxylic acids is 1. The molecule has 96 valence electrons. The summed E-state index contributed by atoms with van der Waals surface area (Å²) in [6.07, 6.45) is 0.866. The van der Waals surface area contributed by atoms with E-state index in [9.17, 15) is 4.79 Å². The van der Waals surface area contributed by atoms with E-state index in [2.05, 4.69) is 24.3 Å². The fraction of sp³-hybridized carbons (Fsp3) is 0.235. The third kappa shape index (κ3) is 2.68. The molecular weight excluding hydrogens is 234 g/mol. The lowest BCUT2D eigenvalue weighted by Gasteiger charge is -2.38.